The highest BCUT2D eigenvalue weighted by Gasteiger charge is 2.24. The predicted octanol–water partition coefficient (Wildman–Crippen LogP) is 4.55. The summed E-state index contributed by atoms with van der Waals surface area (Å²) in [7, 11) is -3.95. The van der Waals surface area contributed by atoms with Crippen molar-refractivity contribution in [2.24, 2.45) is 0 Å². The second kappa shape index (κ2) is 9.30. The smallest absolute Gasteiger partial charge is 0.338 e. The number of benzene rings is 2. The number of esters is 1. The molecule has 0 aliphatic rings. The van der Waals surface area contributed by atoms with Gasteiger partial charge in [-0.2, -0.15) is 0 Å². The minimum Gasteiger partial charge on any atom is -0.459 e. The molecule has 0 fully saturated rings. The van der Waals surface area contributed by atoms with Gasteiger partial charge in [-0.25, -0.2) is 13.2 Å². The highest BCUT2D eigenvalue weighted by Crippen LogP contribution is 2.29. The van der Waals surface area contributed by atoms with Gasteiger partial charge in [0.1, 0.15) is 4.90 Å². The van der Waals surface area contributed by atoms with Crippen molar-refractivity contribution in [2.45, 2.75) is 38.7 Å². The molecular formula is C20H25ClN2O4S. The van der Waals surface area contributed by atoms with Crippen molar-refractivity contribution in [1.29, 1.82) is 0 Å². The molecule has 1 N–H and O–H groups in total. The normalized spacial score (nSPS) is 11.4. The first kappa shape index (κ1) is 22.0. The Morgan fingerprint density at radius 1 is 1.11 bits per heavy atom. The van der Waals surface area contributed by atoms with Crippen LogP contribution in [0.15, 0.2) is 47.4 Å². The van der Waals surface area contributed by atoms with Crippen molar-refractivity contribution < 1.29 is 17.9 Å². The minimum atomic E-state index is -3.95. The van der Waals surface area contributed by atoms with Gasteiger partial charge in [-0.3, -0.25) is 4.72 Å². The van der Waals surface area contributed by atoms with E-state index in [2.05, 4.69) is 4.72 Å². The Bertz CT molecular complexity index is 924. The second-order valence-electron chi connectivity index (χ2n) is 6.42. The summed E-state index contributed by atoms with van der Waals surface area (Å²) in [4.78, 5) is 14.2. The maximum atomic E-state index is 13.1. The molecule has 2 aromatic carbocycles. The van der Waals surface area contributed by atoms with E-state index in [1.165, 1.54) is 6.07 Å². The Kier molecular flexibility index (Phi) is 7.32. The Morgan fingerprint density at radius 2 is 1.71 bits per heavy atom. The first-order valence-corrected chi connectivity index (χ1v) is 10.9. The van der Waals surface area contributed by atoms with Gasteiger partial charge in [0.25, 0.3) is 10.0 Å². The third-order valence-electron chi connectivity index (χ3n) is 4.03. The molecule has 0 spiro atoms. The van der Waals surface area contributed by atoms with E-state index in [1.54, 1.807) is 50.2 Å². The molecule has 28 heavy (non-hydrogen) atoms. The third-order valence-corrected chi connectivity index (χ3v) is 5.69. The number of hydrogen-bond donors (Lipinski definition) is 1. The molecule has 2 rings (SSSR count). The second-order valence-corrected chi connectivity index (χ2v) is 8.51. The Hall–Kier alpha value is -2.25. The zero-order chi connectivity index (χ0) is 20.9. The summed E-state index contributed by atoms with van der Waals surface area (Å²) in [5.41, 5.74) is 1.08. The molecule has 0 bridgehead atoms. The first-order valence-electron chi connectivity index (χ1n) is 9.06. The maximum Gasteiger partial charge on any atom is 0.338 e. The van der Waals surface area contributed by atoms with Crippen LogP contribution >= 0.6 is 11.6 Å². The highest BCUT2D eigenvalue weighted by molar-refractivity contribution is 7.92. The number of ether oxygens (including phenoxy) is 1. The molecule has 0 saturated carbocycles. The van der Waals surface area contributed by atoms with Crippen LogP contribution in [0.3, 0.4) is 0 Å². The first-order chi connectivity index (χ1) is 13.2. The van der Waals surface area contributed by atoms with E-state index < -0.39 is 16.0 Å². The fourth-order valence-corrected chi connectivity index (χ4v) is 4.13. The lowest BCUT2D eigenvalue weighted by molar-refractivity contribution is 0.0377. The van der Waals surface area contributed by atoms with E-state index in [1.807, 2.05) is 18.7 Å². The zero-order valence-corrected chi connectivity index (χ0v) is 18.0. The molecule has 8 heteroatoms. The molecule has 0 saturated heterocycles. The molecular weight excluding hydrogens is 400 g/mol. The quantitative estimate of drug-likeness (QED) is 0.629. The average Bonchev–Trinajstić information content (AvgIpc) is 2.64. The minimum absolute atomic E-state index is 0.0179. The van der Waals surface area contributed by atoms with Crippen LogP contribution in [0, 0.1) is 0 Å². The van der Waals surface area contributed by atoms with Crippen molar-refractivity contribution >= 4 is 39.0 Å². The SMILES string of the molecule is CCN(CC)c1ccc(C(=O)OC(C)C)cc1S(=O)(=O)Nc1ccc(Cl)cc1. The fraction of sp³-hybridized carbons (Fsp3) is 0.350. The van der Waals surface area contributed by atoms with Crippen molar-refractivity contribution in [1.82, 2.24) is 0 Å². The summed E-state index contributed by atoms with van der Waals surface area (Å²) in [5.74, 6) is -0.566. The van der Waals surface area contributed by atoms with Crippen LogP contribution in [0.1, 0.15) is 38.1 Å². The number of carbonyl (C=O) groups is 1. The summed E-state index contributed by atoms with van der Waals surface area (Å²) in [6.07, 6.45) is -0.304. The van der Waals surface area contributed by atoms with Crippen LogP contribution in [-0.2, 0) is 14.8 Å². The molecule has 0 aliphatic carbocycles. The Balaban J connectivity index is 2.52. The van der Waals surface area contributed by atoms with E-state index in [0.717, 1.165) is 0 Å². The van der Waals surface area contributed by atoms with Gasteiger partial charge < -0.3 is 9.64 Å². The predicted molar refractivity (Wildman–Crippen MR) is 113 cm³/mol. The van der Waals surface area contributed by atoms with E-state index in [4.69, 9.17) is 16.3 Å². The maximum absolute atomic E-state index is 13.1. The van der Waals surface area contributed by atoms with E-state index in [-0.39, 0.29) is 16.6 Å². The monoisotopic (exact) mass is 424 g/mol. The van der Waals surface area contributed by atoms with Crippen molar-refractivity contribution in [2.75, 3.05) is 22.7 Å². The molecule has 0 amide bonds. The number of sulfonamides is 1. The van der Waals surface area contributed by atoms with Gasteiger partial charge in [-0.15, -0.1) is 0 Å². The molecule has 0 heterocycles. The van der Waals surface area contributed by atoms with Gasteiger partial charge in [0, 0.05) is 23.8 Å². The van der Waals surface area contributed by atoms with Gasteiger partial charge in [-0.05, 0) is 70.2 Å². The van der Waals surface area contributed by atoms with Crippen LogP contribution in [0.2, 0.25) is 5.02 Å². The molecule has 0 aliphatic heterocycles. The summed E-state index contributed by atoms with van der Waals surface area (Å²) < 4.78 is 34.0. The van der Waals surface area contributed by atoms with Gasteiger partial charge in [0.05, 0.1) is 17.4 Å². The van der Waals surface area contributed by atoms with Crippen LogP contribution in [0.5, 0.6) is 0 Å². The van der Waals surface area contributed by atoms with E-state index >= 15 is 0 Å². The van der Waals surface area contributed by atoms with E-state index in [0.29, 0.717) is 29.5 Å². The average molecular weight is 425 g/mol. The fourth-order valence-electron chi connectivity index (χ4n) is 2.69. The molecule has 152 valence electrons. The number of anilines is 2. The number of nitrogens with one attached hydrogen (secondary N) is 1. The number of carbonyl (C=O) groups excluding carboxylic acids is 1. The van der Waals surface area contributed by atoms with Gasteiger partial charge >= 0.3 is 5.97 Å². The zero-order valence-electron chi connectivity index (χ0n) is 16.4. The summed E-state index contributed by atoms with van der Waals surface area (Å²) in [6.45, 7) is 8.59. The molecule has 0 unspecified atom stereocenters. The van der Waals surface area contributed by atoms with Crippen molar-refractivity contribution in [3.63, 3.8) is 0 Å². The summed E-state index contributed by atoms with van der Waals surface area (Å²) in [6, 6.07) is 10.9. The summed E-state index contributed by atoms with van der Waals surface area (Å²) in [5, 5.41) is 0.505. The number of hydrogen-bond acceptors (Lipinski definition) is 5. The lowest BCUT2D eigenvalue weighted by Crippen LogP contribution is -2.26. The topological polar surface area (TPSA) is 75.7 Å². The molecule has 0 aromatic heterocycles. The largest absolute Gasteiger partial charge is 0.459 e. The highest BCUT2D eigenvalue weighted by atomic mass is 35.5. The van der Waals surface area contributed by atoms with Crippen LogP contribution in [0.25, 0.3) is 0 Å². The van der Waals surface area contributed by atoms with Crippen LogP contribution in [0.4, 0.5) is 11.4 Å². The third kappa shape index (κ3) is 5.39. The Morgan fingerprint density at radius 3 is 2.25 bits per heavy atom. The van der Waals surface area contributed by atoms with Gasteiger partial charge in [-0.1, -0.05) is 11.6 Å². The van der Waals surface area contributed by atoms with Gasteiger partial charge in [0.2, 0.25) is 0 Å². The van der Waals surface area contributed by atoms with E-state index in [9.17, 15) is 13.2 Å². The number of nitrogens with zero attached hydrogens (tertiary/aromatic N) is 1. The van der Waals surface area contributed by atoms with Crippen molar-refractivity contribution in [3.05, 3.63) is 53.1 Å². The molecule has 0 radical (unpaired) electrons. The Labute approximate surface area is 171 Å². The molecule has 2 aromatic rings. The number of rotatable bonds is 8. The lowest BCUT2D eigenvalue weighted by Gasteiger charge is -2.24. The lowest BCUT2D eigenvalue weighted by atomic mass is 10.2. The molecule has 0 atom stereocenters. The number of halogens is 1. The van der Waals surface area contributed by atoms with Gasteiger partial charge in [0.15, 0.2) is 0 Å². The van der Waals surface area contributed by atoms with Crippen LogP contribution < -0.4 is 9.62 Å². The summed E-state index contributed by atoms with van der Waals surface area (Å²) >= 11 is 5.87. The standard InChI is InChI=1S/C20H25ClN2O4S/c1-5-23(6-2)18-12-7-15(20(24)27-14(3)4)13-19(18)28(25,26)22-17-10-8-16(21)9-11-17/h7-14,22H,5-6H2,1-4H3. The van der Waals surface area contributed by atoms with Crippen molar-refractivity contribution in [3.8, 4) is 0 Å². The molecule has 6 nitrogen and oxygen atoms in total. The van der Waals surface area contributed by atoms with Crippen LogP contribution in [-0.4, -0.2) is 33.6 Å².